The van der Waals surface area contributed by atoms with Crippen molar-refractivity contribution in [2.45, 2.75) is 19.9 Å². The maximum Gasteiger partial charge on any atom is 0.255 e. The number of anilines is 1. The summed E-state index contributed by atoms with van der Waals surface area (Å²) in [5.74, 6) is -0.0285. The zero-order chi connectivity index (χ0) is 14.8. The molecule has 1 amide bonds. The van der Waals surface area contributed by atoms with E-state index in [0.29, 0.717) is 0 Å². The fraction of sp³-hybridized carbons (Fsp3) is 0.235. The Bertz CT molecular complexity index is 697. The van der Waals surface area contributed by atoms with Gasteiger partial charge in [-0.3, -0.25) is 4.79 Å². The smallest absolute Gasteiger partial charge is 0.255 e. The van der Waals surface area contributed by atoms with E-state index in [1.807, 2.05) is 37.3 Å². The standard InChI is InChI=1S/C17H17BrN2O/c1-11-9-13(18)5-6-16(11)20-17(21)15-4-2-3-12-10-19-8-7-14(12)15/h2-6,9,19H,7-8,10H2,1H3,(H,20,21). The van der Waals surface area contributed by atoms with Gasteiger partial charge >= 0.3 is 0 Å². The van der Waals surface area contributed by atoms with Gasteiger partial charge in [0.25, 0.3) is 5.91 Å². The molecule has 0 spiro atoms. The van der Waals surface area contributed by atoms with Crippen LogP contribution in [-0.2, 0) is 13.0 Å². The van der Waals surface area contributed by atoms with Gasteiger partial charge in [0.15, 0.2) is 0 Å². The highest BCUT2D eigenvalue weighted by Crippen LogP contribution is 2.23. The fourth-order valence-electron chi connectivity index (χ4n) is 2.70. The molecule has 0 saturated carbocycles. The maximum atomic E-state index is 12.6. The number of carbonyl (C=O) groups is 1. The first-order chi connectivity index (χ1) is 10.1. The van der Waals surface area contributed by atoms with Crippen LogP contribution in [0.15, 0.2) is 40.9 Å². The van der Waals surface area contributed by atoms with Crippen molar-refractivity contribution in [1.82, 2.24) is 5.32 Å². The SMILES string of the molecule is Cc1cc(Br)ccc1NC(=O)c1cccc2c1CCNC2. The Balaban J connectivity index is 1.89. The van der Waals surface area contributed by atoms with Gasteiger partial charge in [-0.15, -0.1) is 0 Å². The Hall–Kier alpha value is -1.65. The lowest BCUT2D eigenvalue weighted by Crippen LogP contribution is -2.26. The molecule has 2 aromatic carbocycles. The van der Waals surface area contributed by atoms with Gasteiger partial charge in [0.2, 0.25) is 0 Å². The minimum Gasteiger partial charge on any atom is -0.322 e. The summed E-state index contributed by atoms with van der Waals surface area (Å²) in [6.07, 6.45) is 0.901. The molecule has 2 N–H and O–H groups in total. The van der Waals surface area contributed by atoms with Crippen molar-refractivity contribution in [3.8, 4) is 0 Å². The monoisotopic (exact) mass is 344 g/mol. The summed E-state index contributed by atoms with van der Waals surface area (Å²) in [6, 6.07) is 11.8. The maximum absolute atomic E-state index is 12.6. The summed E-state index contributed by atoms with van der Waals surface area (Å²) in [7, 11) is 0. The molecule has 0 unspecified atom stereocenters. The lowest BCUT2D eigenvalue weighted by molar-refractivity contribution is 0.102. The lowest BCUT2D eigenvalue weighted by atomic mass is 9.95. The van der Waals surface area contributed by atoms with E-state index in [0.717, 1.165) is 40.8 Å². The van der Waals surface area contributed by atoms with Crippen LogP contribution in [-0.4, -0.2) is 12.5 Å². The first-order valence-corrected chi connectivity index (χ1v) is 7.83. The molecule has 0 atom stereocenters. The van der Waals surface area contributed by atoms with Crippen LogP contribution in [0.3, 0.4) is 0 Å². The Kier molecular flexibility index (Phi) is 4.08. The van der Waals surface area contributed by atoms with Crippen LogP contribution in [0.5, 0.6) is 0 Å². The second-order valence-corrected chi connectivity index (χ2v) is 6.20. The predicted octanol–water partition coefficient (Wildman–Crippen LogP) is 3.66. The molecule has 4 heteroatoms. The van der Waals surface area contributed by atoms with E-state index >= 15 is 0 Å². The molecule has 0 bridgehead atoms. The van der Waals surface area contributed by atoms with Gasteiger partial charge in [-0.1, -0.05) is 28.1 Å². The van der Waals surface area contributed by atoms with E-state index in [-0.39, 0.29) is 5.91 Å². The highest BCUT2D eigenvalue weighted by atomic mass is 79.9. The number of carbonyl (C=O) groups excluding carboxylic acids is 1. The molecular formula is C17H17BrN2O. The van der Waals surface area contributed by atoms with Crippen LogP contribution in [0.1, 0.15) is 27.0 Å². The first-order valence-electron chi connectivity index (χ1n) is 7.04. The molecule has 0 saturated heterocycles. The van der Waals surface area contributed by atoms with E-state index in [4.69, 9.17) is 0 Å². The second-order valence-electron chi connectivity index (χ2n) is 5.28. The minimum atomic E-state index is -0.0285. The molecule has 0 aliphatic carbocycles. The van der Waals surface area contributed by atoms with Crippen LogP contribution in [0.4, 0.5) is 5.69 Å². The van der Waals surface area contributed by atoms with Crippen molar-refractivity contribution in [1.29, 1.82) is 0 Å². The Morgan fingerprint density at radius 1 is 1.29 bits per heavy atom. The van der Waals surface area contributed by atoms with Crippen LogP contribution < -0.4 is 10.6 Å². The van der Waals surface area contributed by atoms with Crippen LogP contribution >= 0.6 is 15.9 Å². The van der Waals surface area contributed by atoms with Crippen molar-refractivity contribution < 1.29 is 4.79 Å². The number of fused-ring (bicyclic) bond motifs is 1. The predicted molar refractivity (Wildman–Crippen MR) is 88.7 cm³/mol. The molecule has 0 fully saturated rings. The van der Waals surface area contributed by atoms with E-state index in [2.05, 4.69) is 32.6 Å². The molecule has 21 heavy (non-hydrogen) atoms. The Morgan fingerprint density at radius 3 is 2.95 bits per heavy atom. The van der Waals surface area contributed by atoms with Crippen molar-refractivity contribution in [2.75, 3.05) is 11.9 Å². The number of nitrogens with one attached hydrogen (secondary N) is 2. The zero-order valence-electron chi connectivity index (χ0n) is 11.9. The molecule has 0 radical (unpaired) electrons. The minimum absolute atomic E-state index is 0.0285. The molecule has 1 aliphatic rings. The third kappa shape index (κ3) is 3.01. The number of rotatable bonds is 2. The molecule has 108 valence electrons. The Morgan fingerprint density at radius 2 is 2.14 bits per heavy atom. The molecule has 1 heterocycles. The van der Waals surface area contributed by atoms with E-state index < -0.39 is 0 Å². The van der Waals surface area contributed by atoms with Crippen LogP contribution in [0, 0.1) is 6.92 Å². The van der Waals surface area contributed by atoms with Gasteiger partial charge in [0.1, 0.15) is 0 Å². The average Bonchev–Trinajstić information content (AvgIpc) is 2.49. The quantitative estimate of drug-likeness (QED) is 0.872. The Labute approximate surface area is 132 Å². The topological polar surface area (TPSA) is 41.1 Å². The molecule has 0 aromatic heterocycles. The summed E-state index contributed by atoms with van der Waals surface area (Å²) in [5, 5.41) is 6.36. The summed E-state index contributed by atoms with van der Waals surface area (Å²) in [6.45, 7) is 3.76. The van der Waals surface area contributed by atoms with Crippen molar-refractivity contribution >= 4 is 27.5 Å². The van der Waals surface area contributed by atoms with Gasteiger partial charge in [-0.25, -0.2) is 0 Å². The van der Waals surface area contributed by atoms with Gasteiger partial charge < -0.3 is 10.6 Å². The summed E-state index contributed by atoms with van der Waals surface area (Å²) < 4.78 is 1.01. The van der Waals surface area contributed by atoms with E-state index in [9.17, 15) is 4.79 Å². The van der Waals surface area contributed by atoms with Gasteiger partial charge in [0.05, 0.1) is 0 Å². The average molecular weight is 345 g/mol. The van der Waals surface area contributed by atoms with Crippen molar-refractivity contribution in [3.05, 3.63) is 63.1 Å². The molecule has 3 nitrogen and oxygen atoms in total. The first kappa shape index (κ1) is 14.3. The van der Waals surface area contributed by atoms with Crippen molar-refractivity contribution in [2.24, 2.45) is 0 Å². The molecule has 1 aliphatic heterocycles. The number of hydrogen-bond acceptors (Lipinski definition) is 2. The second kappa shape index (κ2) is 6.00. The largest absolute Gasteiger partial charge is 0.322 e. The molecular weight excluding hydrogens is 328 g/mol. The van der Waals surface area contributed by atoms with Gasteiger partial charge in [-0.05, 0) is 60.8 Å². The number of benzene rings is 2. The lowest BCUT2D eigenvalue weighted by Gasteiger charge is -2.20. The highest BCUT2D eigenvalue weighted by molar-refractivity contribution is 9.10. The number of aryl methyl sites for hydroxylation is 1. The van der Waals surface area contributed by atoms with E-state index in [1.165, 1.54) is 11.1 Å². The summed E-state index contributed by atoms with van der Waals surface area (Å²) in [4.78, 5) is 12.6. The third-order valence-electron chi connectivity index (χ3n) is 3.82. The number of amides is 1. The van der Waals surface area contributed by atoms with E-state index in [1.54, 1.807) is 0 Å². The van der Waals surface area contributed by atoms with Crippen LogP contribution in [0.25, 0.3) is 0 Å². The normalized spacial score (nSPS) is 13.6. The van der Waals surface area contributed by atoms with Crippen LogP contribution in [0.2, 0.25) is 0 Å². The fourth-order valence-corrected chi connectivity index (χ4v) is 3.18. The highest BCUT2D eigenvalue weighted by Gasteiger charge is 2.17. The summed E-state index contributed by atoms with van der Waals surface area (Å²) >= 11 is 3.44. The molecule has 3 rings (SSSR count). The van der Waals surface area contributed by atoms with Crippen molar-refractivity contribution in [3.63, 3.8) is 0 Å². The number of hydrogen-bond donors (Lipinski definition) is 2. The molecule has 2 aromatic rings. The zero-order valence-corrected chi connectivity index (χ0v) is 13.5. The summed E-state index contributed by atoms with van der Waals surface area (Å²) in [5.41, 5.74) is 5.08. The third-order valence-corrected chi connectivity index (χ3v) is 4.31. The van der Waals surface area contributed by atoms with Gasteiger partial charge in [0, 0.05) is 22.3 Å². The number of halogens is 1. The van der Waals surface area contributed by atoms with Gasteiger partial charge in [-0.2, -0.15) is 0 Å².